The Bertz CT molecular complexity index is 1140. The molecule has 5 unspecified atom stereocenters. The number of nitrogens with zero attached hydrogens (tertiary/aromatic N) is 2. The summed E-state index contributed by atoms with van der Waals surface area (Å²) in [5.41, 5.74) is 1.11. The third-order valence-electron chi connectivity index (χ3n) is 8.81. The van der Waals surface area contributed by atoms with E-state index in [9.17, 15) is 26.4 Å². The fourth-order valence-corrected chi connectivity index (χ4v) is 9.93. The van der Waals surface area contributed by atoms with Crippen molar-refractivity contribution in [2.45, 2.75) is 113 Å². The number of piperidine rings is 1. The molecule has 3 saturated heterocycles. The van der Waals surface area contributed by atoms with E-state index < -0.39 is 30.5 Å². The second-order valence-corrected chi connectivity index (χ2v) is 15.9. The Morgan fingerprint density at radius 3 is 1.73 bits per heavy atom. The van der Waals surface area contributed by atoms with Crippen LogP contribution in [0.5, 0.6) is 0 Å². The minimum absolute atomic E-state index is 0. The minimum atomic E-state index is -3.30. The smallest absolute Gasteiger partial charge is 0.685 e. The standard InChI is InChI=1S/C8H16NO.C8H12NO.2C7H11NO3S.Cu/c2*10-7-3-5-8-4-1-2-6-9-8;2*9-7-5-3-1-2-4-6(5)12(10,11)8-7;/h8,10H,1-7H2;1-2,4,10H,3,5-7H2;2*5-6H,1-4H2,(H,8,9);/q2*-1;;;+2. The number of nitrogens with one attached hydrogen (secondary N) is 2. The molecule has 2 amide bonds. The average molecular weight is 722 g/mol. The Kier molecular flexibility index (Phi) is 17.7. The predicted octanol–water partition coefficient (Wildman–Crippen LogP) is 3.28. The molecule has 2 aliphatic carbocycles. The van der Waals surface area contributed by atoms with E-state index in [1.165, 1.54) is 19.3 Å². The maximum atomic E-state index is 11.3. The van der Waals surface area contributed by atoms with Crippen molar-refractivity contribution in [2.24, 2.45) is 11.8 Å². The first-order valence-corrected chi connectivity index (χ1v) is 19.2. The van der Waals surface area contributed by atoms with Gasteiger partial charge in [-0.2, -0.15) is 5.70 Å². The predicted molar refractivity (Wildman–Crippen MR) is 170 cm³/mol. The molecule has 261 valence electrons. The van der Waals surface area contributed by atoms with Gasteiger partial charge in [0.25, 0.3) is 0 Å². The van der Waals surface area contributed by atoms with Gasteiger partial charge in [-0.1, -0.05) is 63.5 Å². The molecule has 15 heteroatoms. The van der Waals surface area contributed by atoms with Gasteiger partial charge in [0.05, 0.1) is 22.3 Å². The second kappa shape index (κ2) is 20.0. The molecule has 5 atom stereocenters. The number of amides is 2. The molecule has 45 heavy (non-hydrogen) atoms. The Hall–Kier alpha value is -1.48. The van der Waals surface area contributed by atoms with E-state index in [2.05, 4.69) is 20.1 Å². The Morgan fingerprint density at radius 2 is 1.29 bits per heavy atom. The Morgan fingerprint density at radius 1 is 0.756 bits per heavy atom. The van der Waals surface area contributed by atoms with Crippen LogP contribution in [0.3, 0.4) is 0 Å². The van der Waals surface area contributed by atoms with E-state index in [1.807, 2.05) is 18.2 Å². The minimum Gasteiger partial charge on any atom is -0.685 e. The number of sulfonamides is 2. The van der Waals surface area contributed by atoms with Gasteiger partial charge in [0, 0.05) is 13.2 Å². The molecule has 1 radical (unpaired) electrons. The maximum absolute atomic E-state index is 11.3. The number of carbonyl (C=O) groups excluding carboxylic acids is 2. The van der Waals surface area contributed by atoms with Gasteiger partial charge in [0.15, 0.2) is 0 Å². The van der Waals surface area contributed by atoms with Gasteiger partial charge in [-0.05, 0) is 44.9 Å². The summed E-state index contributed by atoms with van der Waals surface area (Å²) in [6, 6.07) is 0.570. The van der Waals surface area contributed by atoms with Crippen molar-refractivity contribution < 1.29 is 53.7 Å². The van der Waals surface area contributed by atoms with E-state index in [4.69, 9.17) is 10.2 Å². The second-order valence-electron chi connectivity index (χ2n) is 12.1. The summed E-state index contributed by atoms with van der Waals surface area (Å²) in [7, 11) is -6.59. The van der Waals surface area contributed by atoms with Crippen LogP contribution in [-0.4, -0.2) is 81.7 Å². The van der Waals surface area contributed by atoms with Crippen LogP contribution in [0.25, 0.3) is 10.6 Å². The molecule has 2 saturated carbocycles. The zero-order chi connectivity index (χ0) is 32.0. The molecule has 12 nitrogen and oxygen atoms in total. The summed E-state index contributed by atoms with van der Waals surface area (Å²) < 4.78 is 49.2. The number of carbonyl (C=O) groups is 2. The largest absolute Gasteiger partial charge is 2.00 e. The van der Waals surface area contributed by atoms with Crippen LogP contribution in [0, 0.1) is 11.8 Å². The summed E-state index contributed by atoms with van der Waals surface area (Å²) in [6.07, 6.45) is 20.2. The number of hydrogen-bond acceptors (Lipinski definition) is 8. The van der Waals surface area contributed by atoms with Crippen LogP contribution >= 0.6 is 0 Å². The van der Waals surface area contributed by atoms with E-state index in [0.717, 1.165) is 83.0 Å². The number of rotatable bonds is 6. The summed E-state index contributed by atoms with van der Waals surface area (Å²) in [6.45, 7) is 2.44. The average Bonchev–Trinajstić information content (AvgIpc) is 3.42. The molecule has 4 aliphatic heterocycles. The van der Waals surface area contributed by atoms with Gasteiger partial charge >= 0.3 is 17.1 Å². The molecule has 4 heterocycles. The van der Waals surface area contributed by atoms with E-state index in [-0.39, 0.29) is 47.3 Å². The number of hydrogen-bond donors (Lipinski definition) is 4. The zero-order valence-corrected chi connectivity index (χ0v) is 28.5. The monoisotopic (exact) mass is 721 g/mol. The molecule has 6 aliphatic rings. The van der Waals surface area contributed by atoms with Crippen LogP contribution in [0.2, 0.25) is 0 Å². The van der Waals surface area contributed by atoms with Gasteiger partial charge in [0.2, 0.25) is 31.9 Å². The Labute approximate surface area is 279 Å². The molecule has 5 fully saturated rings. The van der Waals surface area contributed by atoms with Crippen molar-refractivity contribution >= 4 is 31.9 Å². The van der Waals surface area contributed by atoms with Crippen LogP contribution in [0.4, 0.5) is 0 Å². The van der Waals surface area contributed by atoms with Crippen LogP contribution in [0.15, 0.2) is 23.9 Å². The first-order chi connectivity index (χ1) is 21.1. The molecular formula is C30H50CuN4O8S2. The summed E-state index contributed by atoms with van der Waals surface area (Å²) >= 11 is 0. The van der Waals surface area contributed by atoms with Crippen molar-refractivity contribution in [1.82, 2.24) is 9.44 Å². The van der Waals surface area contributed by atoms with E-state index in [1.54, 1.807) is 0 Å². The SMILES string of the molecule is O=C1NS(=O)(=O)C2CCCCC12.O=C1NS(=O)(=O)C2CCCCC12.OCCCC1=CC=CC[N-]1.OCCCC1CCCC[N-]1.[Cu+2]. The molecule has 4 N–H and O–H groups in total. The van der Waals surface area contributed by atoms with Crippen molar-refractivity contribution in [1.29, 1.82) is 0 Å². The maximum Gasteiger partial charge on any atom is 2.00 e. The third-order valence-corrected chi connectivity index (χ3v) is 12.5. The van der Waals surface area contributed by atoms with Crippen molar-refractivity contribution in [2.75, 3.05) is 26.3 Å². The van der Waals surface area contributed by atoms with Crippen molar-refractivity contribution in [3.05, 3.63) is 34.6 Å². The molecule has 0 aromatic heterocycles. The van der Waals surface area contributed by atoms with Crippen LogP contribution in [-0.2, 0) is 46.7 Å². The quantitative estimate of drug-likeness (QED) is 0.300. The summed E-state index contributed by atoms with van der Waals surface area (Å²) in [4.78, 5) is 22.3. The van der Waals surface area contributed by atoms with E-state index >= 15 is 0 Å². The van der Waals surface area contributed by atoms with E-state index in [0.29, 0.717) is 25.5 Å². The van der Waals surface area contributed by atoms with Crippen molar-refractivity contribution in [3.8, 4) is 0 Å². The number of fused-ring (bicyclic) bond motifs is 2. The van der Waals surface area contributed by atoms with Gasteiger partial charge < -0.3 is 20.8 Å². The van der Waals surface area contributed by atoms with Gasteiger partial charge in [-0.15, -0.1) is 25.2 Å². The molecule has 0 spiro atoms. The van der Waals surface area contributed by atoms with Crippen LogP contribution < -0.4 is 9.44 Å². The number of aliphatic hydroxyl groups is 2. The third kappa shape index (κ3) is 12.6. The summed E-state index contributed by atoms with van der Waals surface area (Å²) in [5, 5.41) is 24.9. The van der Waals surface area contributed by atoms with Gasteiger partial charge in [0.1, 0.15) is 0 Å². The fourth-order valence-electron chi connectivity index (χ4n) is 6.42. The van der Waals surface area contributed by atoms with Crippen molar-refractivity contribution in [3.63, 3.8) is 0 Å². The van der Waals surface area contributed by atoms with Gasteiger partial charge in [-0.25, -0.2) is 16.8 Å². The molecule has 0 bridgehead atoms. The normalized spacial score (nSPS) is 30.3. The molecule has 0 aromatic carbocycles. The summed E-state index contributed by atoms with van der Waals surface area (Å²) in [5.74, 6) is -1.10. The number of allylic oxidation sites excluding steroid dienone is 3. The first kappa shape index (κ1) is 39.7. The molecular weight excluding hydrogens is 672 g/mol. The first-order valence-electron chi connectivity index (χ1n) is 16.1. The number of aliphatic hydroxyl groups excluding tert-OH is 2. The zero-order valence-electron chi connectivity index (χ0n) is 25.9. The van der Waals surface area contributed by atoms with Gasteiger partial charge in [-0.3, -0.25) is 19.0 Å². The fraction of sp³-hybridized carbons (Fsp3) is 0.800. The topological polar surface area (TPSA) is 195 Å². The molecule has 0 aromatic rings. The Balaban J connectivity index is 0.000000208. The molecule has 6 rings (SSSR count). The van der Waals surface area contributed by atoms with Crippen LogP contribution in [0.1, 0.15) is 96.3 Å².